The maximum atomic E-state index is 12.2. The Balaban J connectivity index is 2.44. The summed E-state index contributed by atoms with van der Waals surface area (Å²) >= 11 is 1.42. The third-order valence-corrected chi connectivity index (χ3v) is 6.13. The quantitative estimate of drug-likeness (QED) is 0.721. The summed E-state index contributed by atoms with van der Waals surface area (Å²) in [6, 6.07) is 0. The number of allylic oxidation sites excluding steroid dienone is 2. The van der Waals surface area contributed by atoms with E-state index < -0.39 is 15.8 Å². The zero-order valence-corrected chi connectivity index (χ0v) is 11.9. The van der Waals surface area contributed by atoms with Crippen LogP contribution < -0.4 is 0 Å². The highest BCUT2D eigenvalue weighted by Crippen LogP contribution is 2.70. The third-order valence-electron chi connectivity index (χ3n) is 3.96. The minimum Gasteiger partial charge on any atom is -0.478 e. The molecule has 94 valence electrons. The number of carbonyl (C=O) groups excluding carboxylic acids is 2. The second kappa shape index (κ2) is 3.16. The summed E-state index contributed by atoms with van der Waals surface area (Å²) in [6.45, 7) is 10.9. The van der Waals surface area contributed by atoms with Crippen molar-refractivity contribution in [1.82, 2.24) is 0 Å². The topological polar surface area (TPSA) is 43.4 Å². The third kappa shape index (κ3) is 1.20. The first-order valence-corrected chi connectivity index (χ1v) is 6.54. The Labute approximate surface area is 106 Å². The molecule has 2 rings (SSSR count). The second-order valence-corrected chi connectivity index (χ2v) is 7.03. The average Bonchev–Trinajstić information content (AvgIpc) is 2.57. The van der Waals surface area contributed by atoms with E-state index in [1.807, 2.05) is 27.7 Å². The van der Waals surface area contributed by atoms with Crippen molar-refractivity contribution in [2.75, 3.05) is 0 Å². The number of hydrogen-bond donors (Lipinski definition) is 0. The van der Waals surface area contributed by atoms with Crippen LogP contribution in [0.15, 0.2) is 10.7 Å². The number of Topliss-reactive ketones (excluding diaryl/α,β-unsaturated/α-hetero) is 2. The second-order valence-electron chi connectivity index (χ2n) is 5.84. The Morgan fingerprint density at radius 3 is 2.00 bits per heavy atom. The van der Waals surface area contributed by atoms with Gasteiger partial charge in [0.05, 0.1) is 15.7 Å². The monoisotopic (exact) mass is 254 g/mol. The van der Waals surface area contributed by atoms with Gasteiger partial charge in [0.2, 0.25) is 0 Å². The van der Waals surface area contributed by atoms with E-state index in [0.717, 1.165) is 0 Å². The Morgan fingerprint density at radius 1 is 1.18 bits per heavy atom. The van der Waals surface area contributed by atoms with E-state index in [1.54, 1.807) is 6.92 Å². The van der Waals surface area contributed by atoms with Crippen LogP contribution in [0.2, 0.25) is 0 Å². The van der Waals surface area contributed by atoms with Gasteiger partial charge in [-0.15, -0.1) is 0 Å². The Bertz CT molecular complexity index is 439. The van der Waals surface area contributed by atoms with Gasteiger partial charge in [0.25, 0.3) is 0 Å². The summed E-state index contributed by atoms with van der Waals surface area (Å²) in [4.78, 5) is 23.7. The fraction of sp³-hybridized carbons (Fsp3) is 0.692. The fourth-order valence-corrected chi connectivity index (χ4v) is 4.61. The molecule has 3 nitrogen and oxygen atoms in total. The van der Waals surface area contributed by atoms with Crippen LogP contribution in [0.5, 0.6) is 0 Å². The van der Waals surface area contributed by atoms with Crippen LogP contribution in [0, 0.1) is 10.8 Å². The van der Waals surface area contributed by atoms with Gasteiger partial charge >= 0.3 is 0 Å². The smallest absolute Gasteiger partial charge is 0.182 e. The van der Waals surface area contributed by atoms with Crippen LogP contribution in [0.3, 0.4) is 0 Å². The van der Waals surface area contributed by atoms with Crippen LogP contribution in [-0.4, -0.2) is 16.5 Å². The fourth-order valence-electron chi connectivity index (χ4n) is 3.13. The van der Waals surface area contributed by atoms with Gasteiger partial charge in [-0.3, -0.25) is 9.59 Å². The van der Waals surface area contributed by atoms with Crippen LogP contribution in [0.25, 0.3) is 0 Å². The van der Waals surface area contributed by atoms with Crippen LogP contribution >= 0.6 is 11.8 Å². The maximum absolute atomic E-state index is 12.2. The lowest BCUT2D eigenvalue weighted by molar-refractivity contribution is -0.194. The molecule has 0 bridgehead atoms. The van der Waals surface area contributed by atoms with Gasteiger partial charge in [0.15, 0.2) is 16.5 Å². The van der Waals surface area contributed by atoms with Crippen molar-refractivity contribution in [1.29, 1.82) is 0 Å². The summed E-state index contributed by atoms with van der Waals surface area (Å²) in [5, 5.41) is 0. The first-order chi connectivity index (χ1) is 7.58. The number of rotatable bonds is 1. The highest BCUT2D eigenvalue weighted by Gasteiger charge is 2.77. The van der Waals surface area contributed by atoms with Crippen molar-refractivity contribution in [2.45, 2.75) is 46.5 Å². The van der Waals surface area contributed by atoms with Gasteiger partial charge in [-0.2, -0.15) is 0 Å². The molecule has 0 radical (unpaired) electrons. The summed E-state index contributed by atoms with van der Waals surface area (Å²) in [7, 11) is 0. The van der Waals surface area contributed by atoms with Gasteiger partial charge in [0.1, 0.15) is 5.76 Å². The lowest BCUT2D eigenvalue weighted by Gasteiger charge is -2.61. The lowest BCUT2D eigenvalue weighted by atomic mass is 9.51. The maximum Gasteiger partial charge on any atom is 0.182 e. The molecule has 0 amide bonds. The molecule has 1 saturated carbocycles. The molecule has 1 aliphatic carbocycles. The Hall–Kier alpha value is -0.770. The molecule has 1 fully saturated rings. The number of thioether (sulfide) groups is 1. The van der Waals surface area contributed by atoms with Gasteiger partial charge < -0.3 is 4.74 Å². The van der Waals surface area contributed by atoms with Gasteiger partial charge in [-0.05, 0) is 41.5 Å². The van der Waals surface area contributed by atoms with Crippen LogP contribution in [-0.2, 0) is 14.3 Å². The van der Waals surface area contributed by atoms with E-state index in [4.69, 9.17) is 4.74 Å². The molecular formula is C13H18O3S. The van der Waals surface area contributed by atoms with E-state index >= 15 is 0 Å². The zero-order chi connectivity index (χ0) is 13.2. The van der Waals surface area contributed by atoms with Crippen molar-refractivity contribution in [3.8, 4) is 0 Å². The molecule has 1 spiro atoms. The Morgan fingerprint density at radius 2 is 1.65 bits per heavy atom. The summed E-state index contributed by atoms with van der Waals surface area (Å²) < 4.78 is 5.96. The molecule has 1 aliphatic heterocycles. The van der Waals surface area contributed by atoms with E-state index in [9.17, 15) is 9.59 Å². The van der Waals surface area contributed by atoms with Gasteiger partial charge in [-0.25, -0.2) is 0 Å². The molecule has 0 saturated heterocycles. The lowest BCUT2D eigenvalue weighted by Crippen LogP contribution is -2.72. The number of carbonyl (C=O) groups is 2. The van der Waals surface area contributed by atoms with E-state index in [-0.39, 0.29) is 11.6 Å². The first-order valence-electron chi connectivity index (χ1n) is 5.72. The standard InChI is InChI=1S/C13H18O3S/c1-7(14)9-8(2)16-13(17-9)11(3,4)10(15)12(13,5)6/h1-6H3. The number of hydrogen-bond acceptors (Lipinski definition) is 4. The number of ether oxygens (including phenoxy) is 1. The molecule has 0 unspecified atom stereocenters. The minimum atomic E-state index is -0.623. The van der Waals surface area contributed by atoms with Crippen molar-refractivity contribution >= 4 is 23.3 Å². The summed E-state index contributed by atoms with van der Waals surface area (Å²) in [6.07, 6.45) is 0. The molecule has 4 heteroatoms. The molecular weight excluding hydrogens is 236 g/mol. The normalized spacial score (nSPS) is 28.0. The van der Waals surface area contributed by atoms with Crippen molar-refractivity contribution in [3.05, 3.63) is 10.7 Å². The molecule has 0 aromatic heterocycles. The molecule has 2 aliphatic rings. The van der Waals surface area contributed by atoms with E-state index in [0.29, 0.717) is 10.7 Å². The van der Waals surface area contributed by atoms with Gasteiger partial charge in [-0.1, -0.05) is 11.8 Å². The van der Waals surface area contributed by atoms with Crippen LogP contribution in [0.4, 0.5) is 0 Å². The molecule has 0 aromatic carbocycles. The SMILES string of the molecule is CC(=O)C1=C(C)OC2(S1)C(C)(C)C(=O)C2(C)C. The van der Waals surface area contributed by atoms with Crippen molar-refractivity contribution in [3.63, 3.8) is 0 Å². The highest BCUT2D eigenvalue weighted by molar-refractivity contribution is 8.05. The van der Waals surface area contributed by atoms with Crippen LogP contribution in [0.1, 0.15) is 41.5 Å². The predicted molar refractivity (Wildman–Crippen MR) is 67.4 cm³/mol. The predicted octanol–water partition coefficient (Wildman–Crippen LogP) is 2.90. The first kappa shape index (κ1) is 12.7. The van der Waals surface area contributed by atoms with Crippen molar-refractivity contribution < 1.29 is 14.3 Å². The molecule has 0 aromatic rings. The summed E-state index contributed by atoms with van der Waals surface area (Å²) in [5.41, 5.74) is -1.11. The Kier molecular flexibility index (Phi) is 2.36. The molecule has 17 heavy (non-hydrogen) atoms. The van der Waals surface area contributed by atoms with E-state index in [2.05, 4.69) is 0 Å². The van der Waals surface area contributed by atoms with E-state index in [1.165, 1.54) is 18.7 Å². The van der Waals surface area contributed by atoms with Gasteiger partial charge in [0, 0.05) is 0 Å². The van der Waals surface area contributed by atoms with Crippen molar-refractivity contribution in [2.24, 2.45) is 10.8 Å². The average molecular weight is 254 g/mol. The largest absolute Gasteiger partial charge is 0.478 e. The molecule has 0 atom stereocenters. The minimum absolute atomic E-state index is 0.00956. The summed E-state index contributed by atoms with van der Waals surface area (Å²) in [5.74, 6) is 0.849. The highest BCUT2D eigenvalue weighted by atomic mass is 32.2. The zero-order valence-electron chi connectivity index (χ0n) is 11.1. The molecule has 0 N–H and O–H groups in total. The molecule has 1 heterocycles. The number of ketones is 2.